The van der Waals surface area contributed by atoms with Gasteiger partial charge in [-0.15, -0.1) is 0 Å². The second-order valence-corrected chi connectivity index (χ2v) is 3.58. The lowest BCUT2D eigenvalue weighted by Gasteiger charge is -2.17. The Balaban J connectivity index is 2.74. The molecule has 14 heavy (non-hydrogen) atoms. The van der Waals surface area contributed by atoms with E-state index in [1.54, 1.807) is 25.2 Å². The molecule has 0 bridgehead atoms. The predicted molar refractivity (Wildman–Crippen MR) is 57.1 cm³/mol. The SMILES string of the molecule is CNC(=O)CN(C)c1ncncc1Br. The first-order valence-corrected chi connectivity index (χ1v) is 4.81. The highest BCUT2D eigenvalue weighted by molar-refractivity contribution is 9.10. The van der Waals surface area contributed by atoms with Gasteiger partial charge in [0, 0.05) is 20.3 Å². The zero-order chi connectivity index (χ0) is 10.6. The summed E-state index contributed by atoms with van der Waals surface area (Å²) in [6.07, 6.45) is 3.09. The molecular weight excluding hydrogens is 248 g/mol. The lowest BCUT2D eigenvalue weighted by atomic mass is 10.4. The highest BCUT2D eigenvalue weighted by Gasteiger charge is 2.09. The van der Waals surface area contributed by atoms with Gasteiger partial charge in [0.1, 0.15) is 12.1 Å². The van der Waals surface area contributed by atoms with Crippen LogP contribution in [0.1, 0.15) is 0 Å². The number of hydrogen-bond acceptors (Lipinski definition) is 4. The Morgan fingerprint density at radius 1 is 1.71 bits per heavy atom. The Labute approximate surface area is 90.7 Å². The fourth-order valence-electron chi connectivity index (χ4n) is 0.956. The number of amides is 1. The highest BCUT2D eigenvalue weighted by atomic mass is 79.9. The van der Waals surface area contributed by atoms with Crippen molar-refractivity contribution in [1.82, 2.24) is 15.3 Å². The molecule has 76 valence electrons. The summed E-state index contributed by atoms with van der Waals surface area (Å²) < 4.78 is 0.770. The third kappa shape index (κ3) is 2.66. The summed E-state index contributed by atoms with van der Waals surface area (Å²) in [7, 11) is 3.40. The normalized spacial score (nSPS) is 9.64. The minimum absolute atomic E-state index is 0.0574. The predicted octanol–water partition coefficient (Wildman–Crippen LogP) is 0.421. The van der Waals surface area contributed by atoms with Crippen molar-refractivity contribution < 1.29 is 4.79 Å². The Kier molecular flexibility index (Phi) is 3.82. The fourth-order valence-corrected chi connectivity index (χ4v) is 1.48. The highest BCUT2D eigenvalue weighted by Crippen LogP contribution is 2.20. The van der Waals surface area contributed by atoms with Crippen LogP contribution < -0.4 is 10.2 Å². The van der Waals surface area contributed by atoms with Gasteiger partial charge in [-0.05, 0) is 15.9 Å². The van der Waals surface area contributed by atoms with Crippen molar-refractivity contribution >= 4 is 27.7 Å². The molecule has 0 aliphatic carbocycles. The van der Waals surface area contributed by atoms with E-state index in [-0.39, 0.29) is 12.5 Å². The molecule has 0 aliphatic rings. The van der Waals surface area contributed by atoms with Crippen LogP contribution in [-0.4, -0.2) is 36.5 Å². The Morgan fingerprint density at radius 2 is 2.43 bits per heavy atom. The average Bonchev–Trinajstić information content (AvgIpc) is 2.18. The van der Waals surface area contributed by atoms with Crippen LogP contribution >= 0.6 is 15.9 Å². The summed E-state index contributed by atoms with van der Waals surface area (Å²) in [5.41, 5.74) is 0. The van der Waals surface area contributed by atoms with Crippen LogP contribution in [0.15, 0.2) is 17.0 Å². The van der Waals surface area contributed by atoms with Crippen LogP contribution in [0.25, 0.3) is 0 Å². The molecule has 0 unspecified atom stereocenters. The van der Waals surface area contributed by atoms with Gasteiger partial charge in [0.05, 0.1) is 11.0 Å². The molecule has 0 saturated heterocycles. The molecule has 0 aromatic carbocycles. The molecule has 0 atom stereocenters. The van der Waals surface area contributed by atoms with E-state index in [9.17, 15) is 4.79 Å². The smallest absolute Gasteiger partial charge is 0.239 e. The lowest BCUT2D eigenvalue weighted by molar-refractivity contribution is -0.119. The molecule has 1 N–H and O–H groups in total. The Hall–Kier alpha value is -1.17. The summed E-state index contributed by atoms with van der Waals surface area (Å²) in [4.78, 5) is 20.7. The molecule has 0 spiro atoms. The maximum absolute atomic E-state index is 11.1. The van der Waals surface area contributed by atoms with Gasteiger partial charge in [-0.1, -0.05) is 0 Å². The van der Waals surface area contributed by atoms with Crippen molar-refractivity contribution in [3.05, 3.63) is 17.0 Å². The minimum Gasteiger partial charge on any atom is -0.358 e. The summed E-state index contributed by atoms with van der Waals surface area (Å²) in [6.45, 7) is 0.270. The summed E-state index contributed by atoms with van der Waals surface area (Å²) in [6, 6.07) is 0. The van der Waals surface area contributed by atoms with Crippen molar-refractivity contribution in [2.75, 3.05) is 25.5 Å². The van der Waals surface area contributed by atoms with Gasteiger partial charge < -0.3 is 10.2 Å². The minimum atomic E-state index is -0.0574. The number of nitrogens with one attached hydrogen (secondary N) is 1. The second-order valence-electron chi connectivity index (χ2n) is 2.72. The number of nitrogens with zero attached hydrogens (tertiary/aromatic N) is 3. The van der Waals surface area contributed by atoms with Gasteiger partial charge in [-0.25, -0.2) is 9.97 Å². The molecular formula is C8H11BrN4O. The molecule has 0 saturated carbocycles. The van der Waals surface area contributed by atoms with Crippen LogP contribution in [0, 0.1) is 0 Å². The molecule has 6 heteroatoms. The largest absolute Gasteiger partial charge is 0.358 e. The zero-order valence-electron chi connectivity index (χ0n) is 7.99. The van der Waals surface area contributed by atoms with Crippen LogP contribution in [0.4, 0.5) is 5.82 Å². The van der Waals surface area contributed by atoms with Gasteiger partial charge in [-0.2, -0.15) is 0 Å². The molecule has 1 amide bonds. The standard InChI is InChI=1S/C8H11BrN4O/c1-10-7(14)4-13(2)8-6(9)3-11-5-12-8/h3,5H,4H2,1-2H3,(H,10,14). The number of rotatable bonds is 3. The van der Waals surface area contributed by atoms with E-state index >= 15 is 0 Å². The van der Waals surface area contributed by atoms with E-state index in [1.165, 1.54) is 6.33 Å². The second kappa shape index (κ2) is 4.90. The van der Waals surface area contributed by atoms with E-state index < -0.39 is 0 Å². The van der Waals surface area contributed by atoms with Gasteiger partial charge in [-0.3, -0.25) is 4.79 Å². The summed E-state index contributed by atoms with van der Waals surface area (Å²) in [5.74, 6) is 0.640. The number of halogens is 1. The first-order chi connectivity index (χ1) is 6.65. The summed E-state index contributed by atoms with van der Waals surface area (Å²) in [5, 5.41) is 2.55. The maximum atomic E-state index is 11.1. The number of aromatic nitrogens is 2. The number of carbonyl (C=O) groups is 1. The lowest BCUT2D eigenvalue weighted by Crippen LogP contribution is -2.33. The number of carbonyl (C=O) groups excluding carboxylic acids is 1. The van der Waals surface area contributed by atoms with Crippen molar-refractivity contribution in [3.8, 4) is 0 Å². The third-order valence-electron chi connectivity index (χ3n) is 1.67. The monoisotopic (exact) mass is 258 g/mol. The van der Waals surface area contributed by atoms with E-state index in [0.717, 1.165) is 4.47 Å². The Morgan fingerprint density at radius 3 is 3.00 bits per heavy atom. The van der Waals surface area contributed by atoms with Gasteiger partial charge in [0.25, 0.3) is 0 Å². The van der Waals surface area contributed by atoms with E-state index in [4.69, 9.17) is 0 Å². The van der Waals surface area contributed by atoms with Gasteiger partial charge >= 0.3 is 0 Å². The van der Waals surface area contributed by atoms with Crippen LogP contribution in [0.5, 0.6) is 0 Å². The molecule has 1 aromatic heterocycles. The average molecular weight is 259 g/mol. The molecule has 0 fully saturated rings. The van der Waals surface area contributed by atoms with Crippen molar-refractivity contribution in [1.29, 1.82) is 0 Å². The fraction of sp³-hybridized carbons (Fsp3) is 0.375. The molecule has 0 radical (unpaired) electrons. The van der Waals surface area contributed by atoms with E-state index in [2.05, 4.69) is 31.2 Å². The van der Waals surface area contributed by atoms with Crippen LogP contribution in [-0.2, 0) is 4.79 Å². The quantitative estimate of drug-likeness (QED) is 0.854. The topological polar surface area (TPSA) is 58.1 Å². The molecule has 1 heterocycles. The first kappa shape index (κ1) is 10.9. The molecule has 1 rings (SSSR count). The number of anilines is 1. The van der Waals surface area contributed by atoms with Crippen molar-refractivity contribution in [2.45, 2.75) is 0 Å². The summed E-state index contributed by atoms with van der Waals surface area (Å²) >= 11 is 3.31. The number of likely N-dealkylation sites (N-methyl/N-ethyl adjacent to an activating group) is 2. The Bertz CT molecular complexity index is 331. The molecule has 0 aliphatic heterocycles. The van der Waals surface area contributed by atoms with Crippen molar-refractivity contribution in [2.24, 2.45) is 0 Å². The van der Waals surface area contributed by atoms with Crippen molar-refractivity contribution in [3.63, 3.8) is 0 Å². The maximum Gasteiger partial charge on any atom is 0.239 e. The zero-order valence-corrected chi connectivity index (χ0v) is 9.58. The van der Waals surface area contributed by atoms with E-state index in [1.807, 2.05) is 0 Å². The number of hydrogen-bond donors (Lipinski definition) is 1. The first-order valence-electron chi connectivity index (χ1n) is 4.02. The third-order valence-corrected chi connectivity index (χ3v) is 2.23. The van der Waals surface area contributed by atoms with E-state index in [0.29, 0.717) is 5.82 Å². The van der Waals surface area contributed by atoms with Gasteiger partial charge in [0.2, 0.25) is 5.91 Å². The van der Waals surface area contributed by atoms with Gasteiger partial charge in [0.15, 0.2) is 0 Å². The molecule has 1 aromatic rings. The van der Waals surface area contributed by atoms with Crippen LogP contribution in [0.2, 0.25) is 0 Å². The van der Waals surface area contributed by atoms with Crippen LogP contribution in [0.3, 0.4) is 0 Å². The molecule has 5 nitrogen and oxygen atoms in total.